The van der Waals surface area contributed by atoms with Crippen molar-refractivity contribution in [2.24, 2.45) is 4.99 Å². The van der Waals surface area contributed by atoms with Crippen LogP contribution >= 0.6 is 11.3 Å². The predicted molar refractivity (Wildman–Crippen MR) is 103 cm³/mol. The van der Waals surface area contributed by atoms with Crippen molar-refractivity contribution in [2.45, 2.75) is 33.4 Å². The lowest BCUT2D eigenvalue weighted by atomic mass is 10.1. The molecule has 0 saturated carbocycles. The van der Waals surface area contributed by atoms with Crippen molar-refractivity contribution in [3.63, 3.8) is 0 Å². The summed E-state index contributed by atoms with van der Waals surface area (Å²) in [5.41, 5.74) is 1.69. The summed E-state index contributed by atoms with van der Waals surface area (Å²) in [6.07, 6.45) is 2.93. The molecule has 2 aromatic rings. The minimum Gasteiger partial charge on any atom is -0.352 e. The smallest absolute Gasteiger partial charge is 0.251 e. The SMILES string of the molecule is CCNC(=O)c1cccc(CNC(=NC)NCc2ncc(CC)s2)c1. The molecule has 0 bridgehead atoms. The zero-order valence-corrected chi connectivity index (χ0v) is 15.7. The molecule has 0 saturated heterocycles. The first-order chi connectivity index (χ1) is 12.2. The molecule has 0 aliphatic carbocycles. The van der Waals surface area contributed by atoms with E-state index in [9.17, 15) is 4.79 Å². The monoisotopic (exact) mass is 359 g/mol. The molecule has 0 atom stereocenters. The number of aliphatic imine (C=N–C) groups is 1. The van der Waals surface area contributed by atoms with Crippen molar-refractivity contribution in [1.29, 1.82) is 0 Å². The van der Waals surface area contributed by atoms with E-state index < -0.39 is 0 Å². The van der Waals surface area contributed by atoms with E-state index in [4.69, 9.17) is 0 Å². The third kappa shape index (κ3) is 5.86. The Morgan fingerprint density at radius 1 is 1.20 bits per heavy atom. The van der Waals surface area contributed by atoms with Gasteiger partial charge in [-0.3, -0.25) is 9.79 Å². The fraction of sp³-hybridized carbons (Fsp3) is 0.389. The van der Waals surface area contributed by atoms with Crippen LogP contribution in [-0.4, -0.2) is 30.4 Å². The fourth-order valence-electron chi connectivity index (χ4n) is 2.24. The van der Waals surface area contributed by atoms with Gasteiger partial charge in [0.25, 0.3) is 5.91 Å². The average molecular weight is 359 g/mol. The first-order valence-corrected chi connectivity index (χ1v) is 9.23. The quantitative estimate of drug-likeness (QED) is 0.524. The molecule has 0 aliphatic rings. The number of amides is 1. The normalized spacial score (nSPS) is 11.2. The molecule has 1 amide bonds. The van der Waals surface area contributed by atoms with E-state index >= 15 is 0 Å². The summed E-state index contributed by atoms with van der Waals surface area (Å²) in [6.45, 7) is 5.88. The number of guanidine groups is 1. The minimum atomic E-state index is -0.0534. The van der Waals surface area contributed by atoms with Gasteiger partial charge >= 0.3 is 0 Å². The lowest BCUT2D eigenvalue weighted by Gasteiger charge is -2.11. The van der Waals surface area contributed by atoms with Gasteiger partial charge in [0.05, 0.1) is 6.54 Å². The van der Waals surface area contributed by atoms with Crippen molar-refractivity contribution in [3.05, 3.63) is 51.5 Å². The summed E-state index contributed by atoms with van der Waals surface area (Å²) in [5, 5.41) is 10.4. The number of carbonyl (C=O) groups is 1. The predicted octanol–water partition coefficient (Wildman–Crippen LogP) is 2.32. The van der Waals surface area contributed by atoms with Crippen molar-refractivity contribution < 1.29 is 4.79 Å². The molecule has 2 rings (SSSR count). The zero-order chi connectivity index (χ0) is 18.1. The summed E-state index contributed by atoms with van der Waals surface area (Å²) >= 11 is 1.71. The molecule has 1 aromatic heterocycles. The van der Waals surface area contributed by atoms with Crippen LogP contribution in [0.2, 0.25) is 0 Å². The molecule has 25 heavy (non-hydrogen) atoms. The number of benzene rings is 1. The third-order valence-electron chi connectivity index (χ3n) is 3.57. The third-order valence-corrected chi connectivity index (χ3v) is 4.71. The maximum absolute atomic E-state index is 11.9. The maximum atomic E-state index is 11.9. The van der Waals surface area contributed by atoms with Gasteiger partial charge in [-0.1, -0.05) is 19.1 Å². The van der Waals surface area contributed by atoms with Crippen LogP contribution in [-0.2, 0) is 19.5 Å². The van der Waals surface area contributed by atoms with Gasteiger partial charge in [-0.25, -0.2) is 4.98 Å². The largest absolute Gasteiger partial charge is 0.352 e. The Balaban J connectivity index is 1.88. The van der Waals surface area contributed by atoms with E-state index in [-0.39, 0.29) is 5.91 Å². The molecular formula is C18H25N5OS. The summed E-state index contributed by atoms with van der Waals surface area (Å²) in [5.74, 6) is 0.652. The Bertz CT molecular complexity index is 726. The van der Waals surface area contributed by atoms with Crippen molar-refractivity contribution in [3.8, 4) is 0 Å². The number of aromatic nitrogens is 1. The number of hydrogen-bond acceptors (Lipinski definition) is 4. The Labute approximate surface area is 152 Å². The molecular weight excluding hydrogens is 334 g/mol. The topological polar surface area (TPSA) is 78.4 Å². The lowest BCUT2D eigenvalue weighted by molar-refractivity contribution is 0.0955. The van der Waals surface area contributed by atoms with Crippen LogP contribution in [0.25, 0.3) is 0 Å². The molecule has 0 spiro atoms. The van der Waals surface area contributed by atoms with Crippen LogP contribution in [0.5, 0.6) is 0 Å². The highest BCUT2D eigenvalue weighted by Crippen LogP contribution is 2.12. The molecule has 3 N–H and O–H groups in total. The molecule has 7 heteroatoms. The van der Waals surface area contributed by atoms with Gasteiger partial charge < -0.3 is 16.0 Å². The standard InChI is InChI=1S/C18H25N5OS/c1-4-15-11-21-16(25-15)12-23-18(19-3)22-10-13-7-6-8-14(9-13)17(24)20-5-2/h6-9,11H,4-5,10,12H2,1-3H3,(H,20,24)(H2,19,22,23). The van der Waals surface area contributed by atoms with Crippen LogP contribution in [0.1, 0.15) is 39.7 Å². The second-order valence-electron chi connectivity index (χ2n) is 5.41. The number of carbonyl (C=O) groups excluding carboxylic acids is 1. The molecule has 134 valence electrons. The molecule has 1 heterocycles. The average Bonchev–Trinajstić information content (AvgIpc) is 3.10. The Hall–Kier alpha value is -2.41. The number of aryl methyl sites for hydroxylation is 1. The second-order valence-corrected chi connectivity index (χ2v) is 6.61. The number of rotatable bonds is 7. The molecule has 0 aliphatic heterocycles. The molecule has 0 unspecified atom stereocenters. The number of thiazole rings is 1. The minimum absolute atomic E-state index is 0.0534. The van der Waals surface area contributed by atoms with Gasteiger partial charge in [0.1, 0.15) is 5.01 Å². The second kappa shape index (κ2) is 9.78. The molecule has 1 aromatic carbocycles. The van der Waals surface area contributed by atoms with E-state index in [0.717, 1.165) is 17.0 Å². The van der Waals surface area contributed by atoms with Gasteiger partial charge in [-0.2, -0.15) is 0 Å². The first kappa shape index (κ1) is 18.9. The van der Waals surface area contributed by atoms with Gasteiger partial charge in [0.15, 0.2) is 5.96 Å². The van der Waals surface area contributed by atoms with Crippen LogP contribution < -0.4 is 16.0 Å². The number of nitrogens with one attached hydrogen (secondary N) is 3. The summed E-state index contributed by atoms with van der Waals surface area (Å²) < 4.78 is 0. The lowest BCUT2D eigenvalue weighted by Crippen LogP contribution is -2.36. The fourth-order valence-corrected chi connectivity index (χ4v) is 3.05. The maximum Gasteiger partial charge on any atom is 0.251 e. The Morgan fingerprint density at radius 2 is 2.00 bits per heavy atom. The van der Waals surface area contributed by atoms with Crippen molar-refractivity contribution in [1.82, 2.24) is 20.9 Å². The van der Waals surface area contributed by atoms with E-state index in [1.54, 1.807) is 18.4 Å². The van der Waals surface area contributed by atoms with E-state index in [1.807, 2.05) is 37.4 Å². The molecule has 0 fully saturated rings. The summed E-state index contributed by atoms with van der Waals surface area (Å²) in [4.78, 5) is 21.8. The van der Waals surface area contributed by atoms with Crippen LogP contribution in [0.15, 0.2) is 35.5 Å². The highest BCUT2D eigenvalue weighted by atomic mass is 32.1. The Kier molecular flexibility index (Phi) is 7.40. The highest BCUT2D eigenvalue weighted by molar-refractivity contribution is 7.11. The molecule has 6 nitrogen and oxygen atoms in total. The number of nitrogens with zero attached hydrogens (tertiary/aromatic N) is 2. The zero-order valence-electron chi connectivity index (χ0n) is 14.9. The van der Waals surface area contributed by atoms with Gasteiger partial charge in [-0.15, -0.1) is 11.3 Å². The summed E-state index contributed by atoms with van der Waals surface area (Å²) in [7, 11) is 1.74. The van der Waals surface area contributed by atoms with Crippen LogP contribution in [0.3, 0.4) is 0 Å². The van der Waals surface area contributed by atoms with Gasteiger partial charge in [0, 0.05) is 36.8 Å². The van der Waals surface area contributed by atoms with Gasteiger partial charge in [-0.05, 0) is 31.0 Å². The van der Waals surface area contributed by atoms with Crippen LogP contribution in [0, 0.1) is 0 Å². The highest BCUT2D eigenvalue weighted by Gasteiger charge is 2.06. The number of hydrogen-bond donors (Lipinski definition) is 3. The van der Waals surface area contributed by atoms with E-state index in [1.165, 1.54) is 4.88 Å². The molecule has 0 radical (unpaired) electrons. The van der Waals surface area contributed by atoms with Crippen molar-refractivity contribution in [2.75, 3.05) is 13.6 Å². The van der Waals surface area contributed by atoms with Crippen LogP contribution in [0.4, 0.5) is 0 Å². The van der Waals surface area contributed by atoms with Gasteiger partial charge in [0.2, 0.25) is 0 Å². The van der Waals surface area contributed by atoms with E-state index in [2.05, 4.69) is 32.9 Å². The summed E-state index contributed by atoms with van der Waals surface area (Å²) in [6, 6.07) is 7.58. The Morgan fingerprint density at radius 3 is 2.68 bits per heavy atom. The van der Waals surface area contributed by atoms with E-state index in [0.29, 0.717) is 31.2 Å². The van der Waals surface area contributed by atoms with Crippen molar-refractivity contribution >= 4 is 23.2 Å². The first-order valence-electron chi connectivity index (χ1n) is 8.41.